The number of hydrogen-bond acceptors (Lipinski definition) is 3. The van der Waals surface area contributed by atoms with Crippen molar-refractivity contribution in [3.05, 3.63) is 0 Å². The molecule has 2 unspecified atom stereocenters. The van der Waals surface area contributed by atoms with Crippen LogP contribution in [-0.4, -0.2) is 68.5 Å². The lowest BCUT2D eigenvalue weighted by Crippen LogP contribution is -2.45. The number of halogens is 3. The van der Waals surface area contributed by atoms with Crippen molar-refractivity contribution in [3.63, 3.8) is 0 Å². The second-order valence-electron chi connectivity index (χ2n) is 6.16. The molecule has 23 heavy (non-hydrogen) atoms. The van der Waals surface area contributed by atoms with Gasteiger partial charge in [0, 0.05) is 38.8 Å². The van der Waals surface area contributed by atoms with Crippen LogP contribution < -0.4 is 10.6 Å². The molecule has 8 heteroatoms. The van der Waals surface area contributed by atoms with Crippen LogP contribution in [-0.2, 0) is 4.74 Å². The highest BCUT2D eigenvalue weighted by Crippen LogP contribution is 2.20. The van der Waals surface area contributed by atoms with E-state index in [1.807, 2.05) is 6.92 Å². The maximum atomic E-state index is 12.4. The third kappa shape index (κ3) is 6.95. The summed E-state index contributed by atoms with van der Waals surface area (Å²) in [6.45, 7) is 4.23. The summed E-state index contributed by atoms with van der Waals surface area (Å²) in [6.07, 6.45) is -0.0313. The molecule has 2 atom stereocenters. The largest absolute Gasteiger partial charge is 0.401 e. The fourth-order valence-corrected chi connectivity index (χ4v) is 3.05. The summed E-state index contributed by atoms with van der Waals surface area (Å²) in [5.74, 6) is 0.685. The van der Waals surface area contributed by atoms with Gasteiger partial charge in [0.25, 0.3) is 0 Å². The Morgan fingerprint density at radius 1 is 1.35 bits per heavy atom. The number of likely N-dealkylation sites (tertiary alicyclic amines) is 1. The predicted molar refractivity (Wildman–Crippen MR) is 83.6 cm³/mol. The first-order valence-corrected chi connectivity index (χ1v) is 8.42. The van der Waals surface area contributed by atoms with Crippen LogP contribution in [0.25, 0.3) is 0 Å². The SMILES string of the molecule is CCNC(=NCCC1CCCO1)NC1CCN(CC(F)(F)F)C1. The zero-order chi connectivity index (χ0) is 16.7. The molecule has 0 saturated carbocycles. The minimum atomic E-state index is -4.13. The third-order valence-corrected chi connectivity index (χ3v) is 4.11. The molecule has 2 N–H and O–H groups in total. The number of aliphatic imine (C=N–C) groups is 1. The highest BCUT2D eigenvalue weighted by molar-refractivity contribution is 5.80. The van der Waals surface area contributed by atoms with Crippen LogP contribution in [0.3, 0.4) is 0 Å². The molecular weight excluding hydrogens is 309 g/mol. The average Bonchev–Trinajstić information content (AvgIpc) is 3.09. The quantitative estimate of drug-likeness (QED) is 0.573. The van der Waals surface area contributed by atoms with E-state index >= 15 is 0 Å². The molecule has 0 aliphatic carbocycles. The Morgan fingerprint density at radius 2 is 2.17 bits per heavy atom. The smallest absolute Gasteiger partial charge is 0.378 e. The fourth-order valence-electron chi connectivity index (χ4n) is 3.05. The molecule has 2 rings (SSSR count). The Hall–Kier alpha value is -1.02. The lowest BCUT2D eigenvalue weighted by atomic mass is 10.2. The topological polar surface area (TPSA) is 48.9 Å². The molecule has 0 aromatic rings. The van der Waals surface area contributed by atoms with E-state index in [1.54, 1.807) is 0 Å². The van der Waals surface area contributed by atoms with Gasteiger partial charge >= 0.3 is 6.18 Å². The molecule has 2 saturated heterocycles. The summed E-state index contributed by atoms with van der Waals surface area (Å²) < 4.78 is 42.8. The maximum Gasteiger partial charge on any atom is 0.401 e. The Labute approximate surface area is 135 Å². The Morgan fingerprint density at radius 3 is 2.83 bits per heavy atom. The first-order chi connectivity index (χ1) is 11.0. The van der Waals surface area contributed by atoms with Crippen LogP contribution in [0.15, 0.2) is 4.99 Å². The molecule has 0 aromatic heterocycles. The van der Waals surface area contributed by atoms with Gasteiger partial charge in [0.05, 0.1) is 12.6 Å². The second kappa shape index (κ2) is 8.73. The van der Waals surface area contributed by atoms with E-state index in [4.69, 9.17) is 4.74 Å². The molecule has 2 aliphatic rings. The molecule has 5 nitrogen and oxygen atoms in total. The van der Waals surface area contributed by atoms with E-state index in [9.17, 15) is 13.2 Å². The summed E-state index contributed by atoms with van der Waals surface area (Å²) in [4.78, 5) is 5.95. The number of alkyl halides is 3. The fraction of sp³-hybridized carbons (Fsp3) is 0.933. The molecular formula is C15H27F3N4O. The average molecular weight is 336 g/mol. The number of nitrogens with zero attached hydrogens (tertiary/aromatic N) is 2. The van der Waals surface area contributed by atoms with Crippen molar-refractivity contribution in [3.8, 4) is 0 Å². The summed E-state index contributed by atoms with van der Waals surface area (Å²) in [5.41, 5.74) is 0. The van der Waals surface area contributed by atoms with Gasteiger partial charge < -0.3 is 15.4 Å². The number of guanidine groups is 1. The third-order valence-electron chi connectivity index (χ3n) is 4.11. The Balaban J connectivity index is 1.75. The summed E-state index contributed by atoms with van der Waals surface area (Å²) in [6, 6.07) is 0.0119. The number of ether oxygens (including phenoxy) is 1. The van der Waals surface area contributed by atoms with E-state index in [0.717, 1.165) is 32.4 Å². The first-order valence-electron chi connectivity index (χ1n) is 8.42. The summed E-state index contributed by atoms with van der Waals surface area (Å²) in [5, 5.41) is 6.40. The monoisotopic (exact) mass is 336 g/mol. The van der Waals surface area contributed by atoms with Gasteiger partial charge in [-0.15, -0.1) is 0 Å². The Bertz CT molecular complexity index is 383. The maximum absolute atomic E-state index is 12.4. The van der Waals surface area contributed by atoms with Crippen LogP contribution in [0.2, 0.25) is 0 Å². The highest BCUT2D eigenvalue weighted by atomic mass is 19.4. The minimum absolute atomic E-state index is 0.0119. The molecule has 134 valence electrons. The van der Waals surface area contributed by atoms with Gasteiger partial charge in [0.15, 0.2) is 5.96 Å². The highest BCUT2D eigenvalue weighted by Gasteiger charge is 2.34. The van der Waals surface area contributed by atoms with Gasteiger partial charge in [-0.05, 0) is 32.6 Å². The number of rotatable bonds is 6. The molecule has 2 fully saturated rings. The molecule has 0 bridgehead atoms. The molecule has 0 aromatic carbocycles. The lowest BCUT2D eigenvalue weighted by Gasteiger charge is -2.20. The summed E-state index contributed by atoms with van der Waals surface area (Å²) >= 11 is 0. The Kier molecular flexibility index (Phi) is 6.95. The van der Waals surface area contributed by atoms with Crippen LogP contribution >= 0.6 is 0 Å². The molecule has 2 aliphatic heterocycles. The second-order valence-corrected chi connectivity index (χ2v) is 6.16. The number of hydrogen-bond donors (Lipinski definition) is 2. The van der Waals surface area contributed by atoms with Crippen LogP contribution in [0.5, 0.6) is 0 Å². The van der Waals surface area contributed by atoms with Crippen LogP contribution in [0.4, 0.5) is 13.2 Å². The van der Waals surface area contributed by atoms with Crippen molar-refractivity contribution in [2.24, 2.45) is 4.99 Å². The van der Waals surface area contributed by atoms with Crippen molar-refractivity contribution in [2.45, 2.75) is 50.9 Å². The van der Waals surface area contributed by atoms with Crippen LogP contribution in [0, 0.1) is 0 Å². The van der Waals surface area contributed by atoms with Gasteiger partial charge in [-0.25, -0.2) is 0 Å². The van der Waals surface area contributed by atoms with Gasteiger partial charge in [0.2, 0.25) is 0 Å². The van der Waals surface area contributed by atoms with Crippen LogP contribution in [0.1, 0.15) is 32.6 Å². The number of nitrogens with one attached hydrogen (secondary N) is 2. The van der Waals surface area contributed by atoms with Crippen molar-refractivity contribution in [1.82, 2.24) is 15.5 Å². The molecule has 0 radical (unpaired) electrons. The van der Waals surface area contributed by atoms with E-state index < -0.39 is 12.7 Å². The molecule has 0 spiro atoms. The van der Waals surface area contributed by atoms with E-state index in [1.165, 1.54) is 4.90 Å². The predicted octanol–water partition coefficient (Wildman–Crippen LogP) is 1.75. The summed E-state index contributed by atoms with van der Waals surface area (Å²) in [7, 11) is 0. The van der Waals surface area contributed by atoms with Gasteiger partial charge in [-0.1, -0.05) is 0 Å². The zero-order valence-corrected chi connectivity index (χ0v) is 13.7. The zero-order valence-electron chi connectivity index (χ0n) is 13.7. The normalized spacial score (nSPS) is 26.7. The van der Waals surface area contributed by atoms with Crippen molar-refractivity contribution < 1.29 is 17.9 Å². The molecule has 2 heterocycles. The van der Waals surface area contributed by atoms with E-state index in [-0.39, 0.29) is 6.04 Å². The van der Waals surface area contributed by atoms with Gasteiger partial charge in [-0.3, -0.25) is 9.89 Å². The van der Waals surface area contributed by atoms with Gasteiger partial charge in [-0.2, -0.15) is 13.2 Å². The first kappa shape index (κ1) is 18.3. The van der Waals surface area contributed by atoms with E-state index in [2.05, 4.69) is 15.6 Å². The standard InChI is InChI=1S/C15H27F3N4O/c1-2-19-14(20-7-5-13-4-3-9-23-13)21-12-6-8-22(10-12)11-15(16,17)18/h12-13H,2-11H2,1H3,(H2,19,20,21). The van der Waals surface area contributed by atoms with Gasteiger partial charge in [0.1, 0.15) is 0 Å². The molecule has 0 amide bonds. The van der Waals surface area contributed by atoms with Crippen molar-refractivity contribution in [2.75, 3.05) is 39.3 Å². The van der Waals surface area contributed by atoms with Crippen molar-refractivity contribution >= 4 is 5.96 Å². The van der Waals surface area contributed by atoms with Crippen molar-refractivity contribution in [1.29, 1.82) is 0 Å². The lowest BCUT2D eigenvalue weighted by molar-refractivity contribution is -0.143. The minimum Gasteiger partial charge on any atom is -0.378 e. The van der Waals surface area contributed by atoms with E-state index in [0.29, 0.717) is 38.1 Å².